The molecule has 33 heavy (non-hydrogen) atoms. The number of hydrogen-bond donors (Lipinski definition) is 1. The van der Waals surface area contributed by atoms with Crippen molar-refractivity contribution in [3.8, 4) is 17.2 Å². The lowest BCUT2D eigenvalue weighted by Gasteiger charge is -2.35. The minimum absolute atomic E-state index is 0.111. The number of fused-ring (bicyclic) bond motifs is 1. The number of hydrogen-bond acceptors (Lipinski definition) is 5. The van der Waals surface area contributed by atoms with Crippen LogP contribution in [-0.4, -0.2) is 74.1 Å². The first-order valence-corrected chi connectivity index (χ1v) is 11.0. The Morgan fingerprint density at radius 3 is 2.18 bits per heavy atom. The van der Waals surface area contributed by atoms with Gasteiger partial charge in [0, 0.05) is 55.3 Å². The summed E-state index contributed by atoms with van der Waals surface area (Å²) in [5.74, 6) is 1.31. The van der Waals surface area contributed by atoms with E-state index in [0.717, 1.165) is 16.5 Å². The van der Waals surface area contributed by atoms with Crippen molar-refractivity contribution < 1.29 is 23.8 Å². The molecule has 0 aliphatic carbocycles. The van der Waals surface area contributed by atoms with Gasteiger partial charge in [0.15, 0.2) is 11.5 Å². The molecule has 1 aliphatic rings. The molecule has 0 atom stereocenters. The van der Waals surface area contributed by atoms with Crippen LogP contribution < -0.4 is 14.2 Å². The number of nitrogens with zero attached hydrogens (tertiary/aromatic N) is 2. The number of amides is 2. The number of nitrogens with one attached hydrogen (secondary N) is 1. The second-order valence-electron chi connectivity index (χ2n) is 7.95. The fourth-order valence-electron chi connectivity index (χ4n) is 4.28. The van der Waals surface area contributed by atoms with Crippen molar-refractivity contribution in [3.63, 3.8) is 0 Å². The zero-order chi connectivity index (χ0) is 23.4. The van der Waals surface area contributed by atoms with Crippen molar-refractivity contribution in [1.29, 1.82) is 0 Å². The van der Waals surface area contributed by atoms with E-state index >= 15 is 0 Å². The molecule has 0 saturated carbocycles. The summed E-state index contributed by atoms with van der Waals surface area (Å²) in [6.45, 7) is 1.99. The molecule has 0 bridgehead atoms. The van der Waals surface area contributed by atoms with Gasteiger partial charge in [-0.25, -0.2) is 0 Å². The van der Waals surface area contributed by atoms with E-state index in [1.165, 1.54) is 21.3 Å². The topological polar surface area (TPSA) is 84.1 Å². The molecule has 1 aromatic heterocycles. The van der Waals surface area contributed by atoms with E-state index in [1.807, 2.05) is 29.3 Å². The Morgan fingerprint density at radius 2 is 1.55 bits per heavy atom. The van der Waals surface area contributed by atoms with Gasteiger partial charge >= 0.3 is 0 Å². The van der Waals surface area contributed by atoms with Crippen molar-refractivity contribution >= 4 is 22.7 Å². The largest absolute Gasteiger partial charge is 0.493 e. The molecule has 2 amide bonds. The summed E-state index contributed by atoms with van der Waals surface area (Å²) in [7, 11) is 4.56. The summed E-state index contributed by atoms with van der Waals surface area (Å²) in [5, 5.41) is 1.16. The molecule has 1 saturated heterocycles. The Balaban J connectivity index is 1.35. The van der Waals surface area contributed by atoms with Crippen LogP contribution in [0.5, 0.6) is 17.2 Å². The Morgan fingerprint density at radius 1 is 0.909 bits per heavy atom. The number of piperazine rings is 1. The highest BCUT2D eigenvalue weighted by atomic mass is 16.5. The minimum atomic E-state index is -0.125. The number of para-hydroxylation sites is 1. The van der Waals surface area contributed by atoms with Crippen LogP contribution >= 0.6 is 0 Å². The number of carbonyl (C=O) groups excluding carboxylic acids is 2. The van der Waals surface area contributed by atoms with Gasteiger partial charge in [-0.15, -0.1) is 0 Å². The zero-order valence-corrected chi connectivity index (χ0v) is 19.2. The lowest BCUT2D eigenvalue weighted by atomic mass is 10.1. The predicted molar refractivity (Wildman–Crippen MR) is 125 cm³/mol. The molecule has 0 spiro atoms. The van der Waals surface area contributed by atoms with Crippen molar-refractivity contribution in [2.45, 2.75) is 12.8 Å². The van der Waals surface area contributed by atoms with Gasteiger partial charge in [0.25, 0.3) is 5.91 Å². The smallest absolute Gasteiger partial charge is 0.254 e. The SMILES string of the molecule is COc1cc(C(=O)N2CCN(C(=O)CCc3c[nH]c4ccccc34)CC2)cc(OC)c1OC. The summed E-state index contributed by atoms with van der Waals surface area (Å²) in [6.07, 6.45) is 3.11. The van der Waals surface area contributed by atoms with Gasteiger partial charge in [-0.05, 0) is 30.2 Å². The molecule has 8 nitrogen and oxygen atoms in total. The van der Waals surface area contributed by atoms with E-state index in [-0.39, 0.29) is 11.8 Å². The summed E-state index contributed by atoms with van der Waals surface area (Å²) in [6, 6.07) is 11.4. The van der Waals surface area contributed by atoms with E-state index in [9.17, 15) is 9.59 Å². The van der Waals surface area contributed by atoms with Crippen LogP contribution in [0.15, 0.2) is 42.6 Å². The molecule has 4 rings (SSSR count). The maximum atomic E-state index is 13.1. The molecule has 1 N–H and O–H groups in total. The van der Waals surface area contributed by atoms with Gasteiger partial charge in [-0.2, -0.15) is 0 Å². The van der Waals surface area contributed by atoms with Crippen LogP contribution in [0.25, 0.3) is 10.9 Å². The molecule has 1 aliphatic heterocycles. The Kier molecular flexibility index (Phi) is 6.72. The van der Waals surface area contributed by atoms with Crippen LogP contribution in [0.3, 0.4) is 0 Å². The van der Waals surface area contributed by atoms with Gasteiger partial charge in [-0.1, -0.05) is 18.2 Å². The van der Waals surface area contributed by atoms with E-state index in [2.05, 4.69) is 11.1 Å². The molecule has 1 fully saturated rings. The summed E-state index contributed by atoms with van der Waals surface area (Å²) >= 11 is 0. The second-order valence-corrected chi connectivity index (χ2v) is 7.95. The van der Waals surface area contributed by atoms with Crippen molar-refractivity contribution in [1.82, 2.24) is 14.8 Å². The van der Waals surface area contributed by atoms with Crippen LogP contribution in [0.4, 0.5) is 0 Å². The number of aromatic amines is 1. The quantitative estimate of drug-likeness (QED) is 0.597. The minimum Gasteiger partial charge on any atom is -0.493 e. The molecular weight excluding hydrogens is 422 g/mol. The highest BCUT2D eigenvalue weighted by molar-refractivity contribution is 5.96. The number of carbonyl (C=O) groups is 2. The molecule has 2 aromatic carbocycles. The third kappa shape index (κ3) is 4.60. The number of ether oxygens (including phenoxy) is 3. The third-order valence-corrected chi connectivity index (χ3v) is 6.11. The maximum Gasteiger partial charge on any atom is 0.254 e. The number of benzene rings is 2. The maximum absolute atomic E-state index is 13.1. The van der Waals surface area contributed by atoms with Gasteiger partial charge in [0.1, 0.15) is 0 Å². The average molecular weight is 452 g/mol. The molecule has 3 aromatic rings. The monoisotopic (exact) mass is 451 g/mol. The zero-order valence-electron chi connectivity index (χ0n) is 19.2. The Labute approximate surface area is 193 Å². The fraction of sp³-hybridized carbons (Fsp3) is 0.360. The first-order chi connectivity index (χ1) is 16.0. The van der Waals surface area contributed by atoms with E-state index in [1.54, 1.807) is 17.0 Å². The normalized spacial score (nSPS) is 13.8. The summed E-state index contributed by atoms with van der Waals surface area (Å²) in [4.78, 5) is 32.7. The Hall–Kier alpha value is -3.68. The molecule has 174 valence electrons. The van der Waals surface area contributed by atoms with Crippen LogP contribution in [-0.2, 0) is 11.2 Å². The lowest BCUT2D eigenvalue weighted by Crippen LogP contribution is -2.50. The molecule has 8 heteroatoms. The van der Waals surface area contributed by atoms with Gasteiger partial charge in [-0.3, -0.25) is 9.59 Å². The second kappa shape index (κ2) is 9.85. The molecular formula is C25H29N3O5. The molecule has 2 heterocycles. The number of H-pyrrole nitrogens is 1. The first-order valence-electron chi connectivity index (χ1n) is 11.0. The molecule has 0 radical (unpaired) electrons. The Bertz CT molecular complexity index is 1120. The first kappa shape index (κ1) is 22.5. The van der Waals surface area contributed by atoms with Crippen LogP contribution in [0.2, 0.25) is 0 Å². The average Bonchev–Trinajstić information content (AvgIpc) is 3.29. The third-order valence-electron chi connectivity index (χ3n) is 6.11. The lowest BCUT2D eigenvalue weighted by molar-refractivity contribution is -0.132. The fourth-order valence-corrected chi connectivity index (χ4v) is 4.28. The molecule has 0 unspecified atom stereocenters. The number of aromatic nitrogens is 1. The van der Waals surface area contributed by atoms with Crippen molar-refractivity contribution in [3.05, 3.63) is 53.7 Å². The highest BCUT2D eigenvalue weighted by Crippen LogP contribution is 2.38. The van der Waals surface area contributed by atoms with Gasteiger partial charge < -0.3 is 29.0 Å². The predicted octanol–water partition coefficient (Wildman–Crippen LogP) is 3.11. The van der Waals surface area contributed by atoms with Crippen molar-refractivity contribution in [2.24, 2.45) is 0 Å². The van der Waals surface area contributed by atoms with E-state index in [0.29, 0.717) is 61.8 Å². The summed E-state index contributed by atoms with van der Waals surface area (Å²) < 4.78 is 16.0. The highest BCUT2D eigenvalue weighted by Gasteiger charge is 2.26. The van der Waals surface area contributed by atoms with E-state index < -0.39 is 0 Å². The van der Waals surface area contributed by atoms with E-state index in [4.69, 9.17) is 14.2 Å². The van der Waals surface area contributed by atoms with Crippen molar-refractivity contribution in [2.75, 3.05) is 47.5 Å². The van der Waals surface area contributed by atoms with Crippen LogP contribution in [0.1, 0.15) is 22.3 Å². The van der Waals surface area contributed by atoms with Gasteiger partial charge in [0.05, 0.1) is 21.3 Å². The van der Waals surface area contributed by atoms with Crippen LogP contribution in [0, 0.1) is 0 Å². The summed E-state index contributed by atoms with van der Waals surface area (Å²) in [5.41, 5.74) is 2.69. The number of rotatable bonds is 7. The standard InChI is InChI=1S/C25H29N3O5/c1-31-21-14-18(15-22(32-2)24(21)33-3)25(30)28-12-10-27(11-13-28)23(29)9-8-17-16-26-20-7-5-4-6-19(17)20/h4-7,14-16,26H,8-13H2,1-3H3. The number of aryl methyl sites for hydroxylation is 1. The number of methoxy groups -OCH3 is 3. The van der Waals surface area contributed by atoms with Gasteiger partial charge in [0.2, 0.25) is 11.7 Å².